The van der Waals surface area contributed by atoms with Crippen molar-refractivity contribution in [2.45, 2.75) is 26.1 Å². The van der Waals surface area contributed by atoms with Gasteiger partial charge in [0.05, 0.1) is 11.5 Å². The molecule has 1 atom stereocenters. The van der Waals surface area contributed by atoms with Crippen LogP contribution >= 0.6 is 11.6 Å². The van der Waals surface area contributed by atoms with Crippen LogP contribution in [0.4, 0.5) is 5.69 Å². The summed E-state index contributed by atoms with van der Waals surface area (Å²) in [5.74, 6) is 0.669. The van der Waals surface area contributed by atoms with E-state index in [0.717, 1.165) is 11.1 Å². The van der Waals surface area contributed by atoms with Crippen molar-refractivity contribution in [2.75, 3.05) is 6.79 Å². The van der Waals surface area contributed by atoms with Crippen molar-refractivity contribution in [3.8, 4) is 5.75 Å². The van der Waals surface area contributed by atoms with Crippen LogP contribution in [0.2, 0.25) is 5.02 Å². The molecule has 2 aromatic carbocycles. The average molecular weight is 349 g/mol. The van der Waals surface area contributed by atoms with Crippen LogP contribution in [0.15, 0.2) is 36.4 Å². The molecule has 24 heavy (non-hydrogen) atoms. The van der Waals surface area contributed by atoms with Crippen LogP contribution in [0.3, 0.4) is 0 Å². The highest BCUT2D eigenvalue weighted by atomic mass is 35.5. The number of nitrogens with zero attached hydrogens (tertiary/aromatic N) is 1. The van der Waals surface area contributed by atoms with E-state index in [2.05, 4.69) is 5.32 Å². The third-order valence-corrected chi connectivity index (χ3v) is 4.20. The first kappa shape index (κ1) is 16.7. The van der Waals surface area contributed by atoms with E-state index in [4.69, 9.17) is 21.1 Å². The summed E-state index contributed by atoms with van der Waals surface area (Å²) in [5.41, 5.74) is 2.58. The Morgan fingerprint density at radius 1 is 1.33 bits per heavy atom. The molecular weight excluding hydrogens is 332 g/mol. The third-order valence-electron chi connectivity index (χ3n) is 3.95. The number of nitrogens with one attached hydrogen (secondary N) is 1. The van der Waals surface area contributed by atoms with E-state index in [9.17, 15) is 10.1 Å². The van der Waals surface area contributed by atoms with Gasteiger partial charge in [0, 0.05) is 40.9 Å². The van der Waals surface area contributed by atoms with E-state index >= 15 is 0 Å². The molecule has 1 heterocycles. The van der Waals surface area contributed by atoms with Gasteiger partial charge in [-0.1, -0.05) is 23.7 Å². The minimum absolute atomic E-state index is 0.0406. The molecule has 1 N–H and O–H groups in total. The maximum atomic E-state index is 11.1. The number of fused-ring (bicyclic) bond motifs is 1. The summed E-state index contributed by atoms with van der Waals surface area (Å²) in [4.78, 5) is 10.7. The molecule has 0 saturated carbocycles. The van der Waals surface area contributed by atoms with Gasteiger partial charge in [0.2, 0.25) is 0 Å². The molecule has 0 aliphatic carbocycles. The zero-order valence-corrected chi connectivity index (χ0v) is 13.9. The number of halogens is 1. The second-order valence-corrected chi connectivity index (χ2v) is 6.05. The molecule has 2 aromatic rings. The van der Waals surface area contributed by atoms with Gasteiger partial charge < -0.3 is 14.8 Å². The SMILES string of the molecule is C[C@H](NCc1cc([N+](=O)[O-])cc2c1OCOC2)c1ccc(Cl)cc1. The lowest BCUT2D eigenvalue weighted by molar-refractivity contribution is -0.385. The summed E-state index contributed by atoms with van der Waals surface area (Å²) >= 11 is 5.90. The van der Waals surface area contributed by atoms with Crippen LogP contribution in [-0.4, -0.2) is 11.7 Å². The number of rotatable bonds is 5. The van der Waals surface area contributed by atoms with Gasteiger partial charge in [0.25, 0.3) is 5.69 Å². The summed E-state index contributed by atoms with van der Waals surface area (Å²) in [6.07, 6.45) is 0. The van der Waals surface area contributed by atoms with Crippen molar-refractivity contribution >= 4 is 17.3 Å². The summed E-state index contributed by atoms with van der Waals surface area (Å²) in [6.45, 7) is 2.95. The molecule has 0 spiro atoms. The van der Waals surface area contributed by atoms with Crippen molar-refractivity contribution in [3.63, 3.8) is 0 Å². The summed E-state index contributed by atoms with van der Waals surface area (Å²) in [7, 11) is 0. The van der Waals surface area contributed by atoms with Crippen LogP contribution in [0.25, 0.3) is 0 Å². The highest BCUT2D eigenvalue weighted by molar-refractivity contribution is 6.30. The van der Waals surface area contributed by atoms with Gasteiger partial charge >= 0.3 is 0 Å². The number of benzene rings is 2. The van der Waals surface area contributed by atoms with Gasteiger partial charge in [-0.05, 0) is 24.6 Å². The molecule has 6 nitrogen and oxygen atoms in total. The first-order chi connectivity index (χ1) is 11.5. The lowest BCUT2D eigenvalue weighted by atomic mass is 10.1. The topological polar surface area (TPSA) is 73.6 Å². The van der Waals surface area contributed by atoms with Crippen molar-refractivity contribution in [1.29, 1.82) is 0 Å². The van der Waals surface area contributed by atoms with E-state index in [1.165, 1.54) is 6.07 Å². The Morgan fingerprint density at radius 3 is 2.79 bits per heavy atom. The Kier molecular flexibility index (Phi) is 4.99. The molecule has 0 radical (unpaired) electrons. The first-order valence-electron chi connectivity index (χ1n) is 7.54. The van der Waals surface area contributed by atoms with Crippen molar-refractivity contribution in [3.05, 3.63) is 68.2 Å². The van der Waals surface area contributed by atoms with Crippen molar-refractivity contribution < 1.29 is 14.4 Å². The molecule has 3 rings (SSSR count). The molecule has 0 saturated heterocycles. The van der Waals surface area contributed by atoms with E-state index in [1.807, 2.05) is 31.2 Å². The first-order valence-corrected chi connectivity index (χ1v) is 7.92. The zero-order valence-electron chi connectivity index (χ0n) is 13.1. The molecule has 1 aliphatic rings. The van der Waals surface area contributed by atoms with Gasteiger partial charge in [-0.3, -0.25) is 10.1 Å². The highest BCUT2D eigenvalue weighted by Crippen LogP contribution is 2.33. The van der Waals surface area contributed by atoms with E-state index in [0.29, 0.717) is 29.5 Å². The van der Waals surface area contributed by atoms with E-state index in [1.54, 1.807) is 6.07 Å². The number of nitro groups is 1. The zero-order chi connectivity index (χ0) is 17.1. The Labute approximate surface area is 144 Å². The van der Waals surface area contributed by atoms with Crippen LogP contribution in [-0.2, 0) is 17.9 Å². The largest absolute Gasteiger partial charge is 0.467 e. The number of hydrogen-bond acceptors (Lipinski definition) is 5. The maximum Gasteiger partial charge on any atom is 0.270 e. The summed E-state index contributed by atoms with van der Waals surface area (Å²) < 4.78 is 10.8. The number of nitro benzene ring substituents is 1. The highest BCUT2D eigenvalue weighted by Gasteiger charge is 2.21. The number of non-ortho nitro benzene ring substituents is 1. The minimum atomic E-state index is -0.402. The lowest BCUT2D eigenvalue weighted by Gasteiger charge is -2.22. The van der Waals surface area contributed by atoms with Crippen LogP contribution in [0.5, 0.6) is 5.75 Å². The second-order valence-electron chi connectivity index (χ2n) is 5.62. The standard InChI is InChI=1S/C17H17ClN2O4/c1-11(12-2-4-15(18)5-3-12)19-8-13-6-16(20(21)22)7-14-9-23-10-24-17(13)14/h2-7,11,19H,8-10H2,1H3/t11-/m0/s1. The van der Waals surface area contributed by atoms with Crippen molar-refractivity contribution in [1.82, 2.24) is 5.32 Å². The smallest absolute Gasteiger partial charge is 0.270 e. The van der Waals surface area contributed by atoms with Crippen LogP contribution in [0, 0.1) is 10.1 Å². The Balaban J connectivity index is 1.80. The predicted octanol–water partition coefficient (Wildman–Crippen LogP) is 3.97. The van der Waals surface area contributed by atoms with E-state index in [-0.39, 0.29) is 18.5 Å². The van der Waals surface area contributed by atoms with Crippen LogP contribution < -0.4 is 10.1 Å². The van der Waals surface area contributed by atoms with E-state index < -0.39 is 4.92 Å². The molecule has 126 valence electrons. The molecule has 0 unspecified atom stereocenters. The quantitative estimate of drug-likeness (QED) is 0.653. The Morgan fingerprint density at radius 2 is 2.08 bits per heavy atom. The number of hydrogen-bond donors (Lipinski definition) is 1. The number of ether oxygens (including phenoxy) is 2. The Bertz CT molecular complexity index is 749. The Hall–Kier alpha value is -2.15. The monoisotopic (exact) mass is 348 g/mol. The van der Waals surface area contributed by atoms with Gasteiger partial charge in [-0.25, -0.2) is 0 Å². The molecule has 1 aliphatic heterocycles. The molecule has 0 aromatic heterocycles. The maximum absolute atomic E-state index is 11.1. The fourth-order valence-electron chi connectivity index (χ4n) is 2.65. The predicted molar refractivity (Wildman–Crippen MR) is 90.1 cm³/mol. The molecule has 7 heteroatoms. The minimum Gasteiger partial charge on any atom is -0.467 e. The van der Waals surface area contributed by atoms with Gasteiger partial charge in [0.1, 0.15) is 5.75 Å². The van der Waals surface area contributed by atoms with Gasteiger partial charge in [-0.15, -0.1) is 0 Å². The average Bonchev–Trinajstić information content (AvgIpc) is 2.59. The van der Waals surface area contributed by atoms with Crippen molar-refractivity contribution in [2.24, 2.45) is 0 Å². The van der Waals surface area contributed by atoms with Gasteiger partial charge in [-0.2, -0.15) is 0 Å². The summed E-state index contributed by atoms with van der Waals surface area (Å²) in [6, 6.07) is 10.7. The lowest BCUT2D eigenvalue weighted by Crippen LogP contribution is -2.20. The fraction of sp³-hybridized carbons (Fsp3) is 0.294. The molecule has 0 fully saturated rings. The molecular formula is C17H17ClN2O4. The molecule has 0 amide bonds. The normalized spacial score (nSPS) is 14.6. The molecule has 0 bridgehead atoms. The van der Waals surface area contributed by atoms with Crippen LogP contribution in [0.1, 0.15) is 29.7 Å². The van der Waals surface area contributed by atoms with Gasteiger partial charge in [0.15, 0.2) is 6.79 Å². The third kappa shape index (κ3) is 3.67. The second kappa shape index (κ2) is 7.17. The fourth-order valence-corrected chi connectivity index (χ4v) is 2.78. The summed E-state index contributed by atoms with van der Waals surface area (Å²) in [5, 5.41) is 15.2.